The summed E-state index contributed by atoms with van der Waals surface area (Å²) in [5, 5.41) is 3.39. The summed E-state index contributed by atoms with van der Waals surface area (Å²) in [7, 11) is 0. The van der Waals surface area contributed by atoms with Gasteiger partial charge in [0.05, 0.1) is 6.54 Å². The van der Waals surface area contributed by atoms with Gasteiger partial charge in [-0.3, -0.25) is 9.69 Å². The van der Waals surface area contributed by atoms with E-state index in [0.29, 0.717) is 12.6 Å². The third-order valence-electron chi connectivity index (χ3n) is 3.80. The van der Waals surface area contributed by atoms with E-state index in [1.807, 2.05) is 4.90 Å². The van der Waals surface area contributed by atoms with E-state index in [1.165, 1.54) is 0 Å². The number of carbonyl (C=O) groups is 1. The Kier molecular flexibility index (Phi) is 9.43. The monoisotopic (exact) mass is 305 g/mol. The number of rotatable bonds is 7. The predicted molar refractivity (Wildman–Crippen MR) is 87.5 cm³/mol. The van der Waals surface area contributed by atoms with Crippen LogP contribution in [0.1, 0.15) is 47.5 Å². The molecule has 0 radical (unpaired) electrons. The van der Waals surface area contributed by atoms with Crippen molar-refractivity contribution in [2.45, 2.75) is 65.6 Å². The number of carbonyl (C=O) groups excluding carboxylic acids is 1. The highest BCUT2D eigenvalue weighted by molar-refractivity contribution is 5.85. The van der Waals surface area contributed by atoms with Gasteiger partial charge in [0.25, 0.3) is 0 Å². The van der Waals surface area contributed by atoms with Crippen LogP contribution < -0.4 is 5.32 Å². The first-order valence-corrected chi connectivity index (χ1v) is 7.73. The largest absolute Gasteiger partial charge is 0.337 e. The van der Waals surface area contributed by atoms with Crippen molar-refractivity contribution in [2.75, 3.05) is 26.2 Å². The number of hydrogen-bond donors (Lipinski definition) is 1. The highest BCUT2D eigenvalue weighted by Gasteiger charge is 2.27. The zero-order valence-electron chi connectivity index (χ0n) is 13.7. The third-order valence-corrected chi connectivity index (χ3v) is 3.80. The van der Waals surface area contributed by atoms with Crippen LogP contribution in [-0.4, -0.2) is 60.0 Å². The van der Waals surface area contributed by atoms with Crippen molar-refractivity contribution >= 4 is 18.3 Å². The molecule has 1 heterocycles. The molecule has 1 aliphatic heterocycles. The van der Waals surface area contributed by atoms with Crippen molar-refractivity contribution in [1.82, 2.24) is 15.1 Å². The number of amides is 1. The predicted octanol–water partition coefficient (Wildman–Crippen LogP) is 2.13. The van der Waals surface area contributed by atoms with Crippen LogP contribution in [0.25, 0.3) is 0 Å². The Morgan fingerprint density at radius 3 is 2.25 bits per heavy atom. The lowest BCUT2D eigenvalue weighted by atomic mass is 10.2. The summed E-state index contributed by atoms with van der Waals surface area (Å²) in [5.41, 5.74) is 0. The molecule has 1 saturated heterocycles. The van der Waals surface area contributed by atoms with Gasteiger partial charge >= 0.3 is 0 Å². The molecule has 0 aliphatic carbocycles. The summed E-state index contributed by atoms with van der Waals surface area (Å²) >= 11 is 0. The maximum atomic E-state index is 12.5. The summed E-state index contributed by atoms with van der Waals surface area (Å²) in [6, 6.07) is 1.08. The van der Waals surface area contributed by atoms with Crippen LogP contribution in [0, 0.1) is 0 Å². The molecule has 0 bridgehead atoms. The lowest BCUT2D eigenvalue weighted by molar-refractivity contribution is -0.136. The maximum absolute atomic E-state index is 12.5. The van der Waals surface area contributed by atoms with Gasteiger partial charge in [0, 0.05) is 24.7 Å². The van der Waals surface area contributed by atoms with Crippen molar-refractivity contribution in [3.63, 3.8) is 0 Å². The second-order valence-electron chi connectivity index (χ2n) is 6.11. The first-order valence-electron chi connectivity index (χ1n) is 7.73. The molecule has 0 aromatic heterocycles. The normalized spacial score (nSPS) is 18.7. The Labute approximate surface area is 130 Å². The van der Waals surface area contributed by atoms with E-state index in [1.54, 1.807) is 0 Å². The van der Waals surface area contributed by atoms with E-state index in [9.17, 15) is 4.79 Å². The average molecular weight is 306 g/mol. The minimum absolute atomic E-state index is 0. The van der Waals surface area contributed by atoms with Crippen LogP contribution in [0.2, 0.25) is 0 Å². The molecule has 1 rings (SSSR count). The Balaban J connectivity index is 0.00000361. The molecule has 1 aliphatic rings. The number of nitrogens with one attached hydrogen (secondary N) is 1. The maximum Gasteiger partial charge on any atom is 0.237 e. The lowest BCUT2D eigenvalue weighted by Crippen LogP contribution is -2.49. The summed E-state index contributed by atoms with van der Waals surface area (Å²) in [6.07, 6.45) is 2.27. The summed E-state index contributed by atoms with van der Waals surface area (Å²) in [4.78, 5) is 16.9. The fourth-order valence-electron chi connectivity index (χ4n) is 3.06. The fraction of sp³-hybridized carbons (Fsp3) is 0.933. The van der Waals surface area contributed by atoms with Crippen LogP contribution in [-0.2, 0) is 4.79 Å². The molecule has 1 atom stereocenters. The van der Waals surface area contributed by atoms with Gasteiger partial charge < -0.3 is 10.2 Å². The van der Waals surface area contributed by atoms with E-state index < -0.39 is 0 Å². The number of nitrogens with zero attached hydrogens (tertiary/aromatic N) is 2. The van der Waals surface area contributed by atoms with Crippen molar-refractivity contribution in [3.05, 3.63) is 0 Å². The Hall–Kier alpha value is -0.320. The zero-order valence-corrected chi connectivity index (χ0v) is 14.5. The summed E-state index contributed by atoms with van der Waals surface area (Å²) < 4.78 is 0. The van der Waals surface area contributed by atoms with Gasteiger partial charge in [-0.2, -0.15) is 0 Å². The van der Waals surface area contributed by atoms with Crippen LogP contribution in [0.3, 0.4) is 0 Å². The van der Waals surface area contributed by atoms with E-state index in [4.69, 9.17) is 0 Å². The van der Waals surface area contributed by atoms with Crippen LogP contribution in [0.5, 0.6) is 0 Å². The molecule has 1 fully saturated rings. The number of halogens is 1. The fourth-order valence-corrected chi connectivity index (χ4v) is 3.06. The molecule has 1 amide bonds. The van der Waals surface area contributed by atoms with E-state index in [-0.39, 0.29) is 30.4 Å². The van der Waals surface area contributed by atoms with Gasteiger partial charge in [0.15, 0.2) is 0 Å². The summed E-state index contributed by atoms with van der Waals surface area (Å²) in [5.74, 6) is 0.269. The second-order valence-corrected chi connectivity index (χ2v) is 6.11. The van der Waals surface area contributed by atoms with E-state index in [0.717, 1.165) is 32.5 Å². The molecule has 1 N–H and O–H groups in total. The second kappa shape index (κ2) is 9.59. The first kappa shape index (κ1) is 19.7. The van der Waals surface area contributed by atoms with Crippen molar-refractivity contribution in [2.24, 2.45) is 0 Å². The van der Waals surface area contributed by atoms with E-state index >= 15 is 0 Å². The Morgan fingerprint density at radius 1 is 1.25 bits per heavy atom. The Morgan fingerprint density at radius 2 is 1.85 bits per heavy atom. The van der Waals surface area contributed by atoms with Gasteiger partial charge in [0.1, 0.15) is 0 Å². The molecule has 0 aromatic rings. The smallest absolute Gasteiger partial charge is 0.237 e. The van der Waals surface area contributed by atoms with Crippen molar-refractivity contribution in [3.8, 4) is 0 Å². The van der Waals surface area contributed by atoms with Gasteiger partial charge in [-0.1, -0.05) is 6.92 Å². The SMILES string of the molecule is CCCN(CC(=O)N(C(C)C)C(C)C)C1CCNC1.Cl. The van der Waals surface area contributed by atoms with Gasteiger partial charge in [-0.15, -0.1) is 12.4 Å². The molecule has 120 valence electrons. The van der Waals surface area contributed by atoms with Gasteiger partial charge in [-0.05, 0) is 53.6 Å². The highest BCUT2D eigenvalue weighted by Crippen LogP contribution is 2.12. The first-order chi connectivity index (χ1) is 8.97. The molecule has 0 spiro atoms. The quantitative estimate of drug-likeness (QED) is 0.783. The topological polar surface area (TPSA) is 35.6 Å². The van der Waals surface area contributed by atoms with Crippen LogP contribution in [0.4, 0.5) is 0 Å². The molecule has 0 aromatic carbocycles. The number of hydrogen-bond acceptors (Lipinski definition) is 3. The highest BCUT2D eigenvalue weighted by atomic mass is 35.5. The van der Waals surface area contributed by atoms with Crippen molar-refractivity contribution in [1.29, 1.82) is 0 Å². The molecule has 0 saturated carbocycles. The Bertz CT molecular complexity index is 270. The molecule has 5 heteroatoms. The van der Waals surface area contributed by atoms with Crippen LogP contribution >= 0.6 is 12.4 Å². The average Bonchev–Trinajstić information content (AvgIpc) is 2.80. The van der Waals surface area contributed by atoms with E-state index in [2.05, 4.69) is 44.8 Å². The zero-order chi connectivity index (χ0) is 14.4. The standard InChI is InChI=1S/C15H31N3O.ClH/c1-6-9-17(14-7-8-16-10-14)11-15(19)18(12(2)3)13(4)5;/h12-14,16H,6-11H2,1-5H3;1H. The summed E-state index contributed by atoms with van der Waals surface area (Å²) in [6.45, 7) is 14.3. The molecule has 20 heavy (non-hydrogen) atoms. The molecule has 4 nitrogen and oxygen atoms in total. The minimum atomic E-state index is 0. The van der Waals surface area contributed by atoms with Gasteiger partial charge in [-0.25, -0.2) is 0 Å². The minimum Gasteiger partial charge on any atom is -0.337 e. The van der Waals surface area contributed by atoms with Crippen LogP contribution in [0.15, 0.2) is 0 Å². The third kappa shape index (κ3) is 5.58. The molecular weight excluding hydrogens is 274 g/mol. The molecular formula is C15H32ClN3O. The van der Waals surface area contributed by atoms with Crippen molar-refractivity contribution < 1.29 is 4.79 Å². The van der Waals surface area contributed by atoms with Gasteiger partial charge in [0.2, 0.25) is 5.91 Å². The lowest BCUT2D eigenvalue weighted by Gasteiger charge is -2.35. The molecule has 1 unspecified atom stereocenters.